The summed E-state index contributed by atoms with van der Waals surface area (Å²) in [6.07, 6.45) is 4.83. The van der Waals surface area contributed by atoms with E-state index in [0.29, 0.717) is 23.6 Å². The van der Waals surface area contributed by atoms with E-state index >= 15 is 0 Å². The highest BCUT2D eigenvalue weighted by atomic mass is 19.1. The Labute approximate surface area is 111 Å². The molecule has 0 aliphatic heterocycles. The van der Waals surface area contributed by atoms with Crippen LogP contribution in [0.4, 0.5) is 4.39 Å². The van der Waals surface area contributed by atoms with Crippen LogP contribution in [0.1, 0.15) is 24.2 Å². The van der Waals surface area contributed by atoms with Gasteiger partial charge in [-0.05, 0) is 12.6 Å². The summed E-state index contributed by atoms with van der Waals surface area (Å²) in [7, 11) is 1.51. The fourth-order valence-corrected chi connectivity index (χ4v) is 1.91. The average molecular weight is 261 g/mol. The number of rotatable bonds is 5. The summed E-state index contributed by atoms with van der Waals surface area (Å²) in [6, 6.07) is 4.50. The molecule has 1 aromatic carbocycles. The van der Waals surface area contributed by atoms with Gasteiger partial charge in [-0.2, -0.15) is 0 Å². The maximum atomic E-state index is 14.1. The molecule has 4 nitrogen and oxygen atoms in total. The number of benzene rings is 1. The predicted molar refractivity (Wildman–Crippen MR) is 70.5 cm³/mol. The van der Waals surface area contributed by atoms with E-state index in [0.717, 1.165) is 0 Å². The smallest absolute Gasteiger partial charge is 0.132 e. The molecular formula is C14H16FN3O. The SMILES string of the molecule is CCNC(c1cnccn1)c1ccc(OC)cc1F. The molecule has 1 unspecified atom stereocenters. The highest BCUT2D eigenvalue weighted by molar-refractivity contribution is 5.34. The zero-order valence-corrected chi connectivity index (χ0v) is 10.9. The number of nitrogens with zero attached hydrogens (tertiary/aromatic N) is 2. The molecule has 0 aliphatic carbocycles. The van der Waals surface area contributed by atoms with Crippen molar-refractivity contribution in [3.63, 3.8) is 0 Å². The van der Waals surface area contributed by atoms with Crippen molar-refractivity contribution in [1.82, 2.24) is 15.3 Å². The van der Waals surface area contributed by atoms with Crippen LogP contribution in [0.25, 0.3) is 0 Å². The molecule has 0 saturated carbocycles. The first-order chi connectivity index (χ1) is 9.26. The Morgan fingerprint density at radius 3 is 2.79 bits per heavy atom. The minimum Gasteiger partial charge on any atom is -0.497 e. The zero-order chi connectivity index (χ0) is 13.7. The van der Waals surface area contributed by atoms with Gasteiger partial charge >= 0.3 is 0 Å². The monoisotopic (exact) mass is 261 g/mol. The lowest BCUT2D eigenvalue weighted by Crippen LogP contribution is -2.24. The molecule has 0 saturated heterocycles. The van der Waals surface area contributed by atoms with Gasteiger partial charge in [0, 0.05) is 24.0 Å². The fourth-order valence-electron chi connectivity index (χ4n) is 1.91. The van der Waals surface area contributed by atoms with Gasteiger partial charge in [-0.1, -0.05) is 13.0 Å². The largest absolute Gasteiger partial charge is 0.497 e. The summed E-state index contributed by atoms with van der Waals surface area (Å²) in [5.41, 5.74) is 1.22. The fraction of sp³-hybridized carbons (Fsp3) is 0.286. The van der Waals surface area contributed by atoms with Crippen LogP contribution in [0.15, 0.2) is 36.8 Å². The first-order valence-corrected chi connectivity index (χ1v) is 6.09. The Morgan fingerprint density at radius 2 is 2.21 bits per heavy atom. The minimum absolute atomic E-state index is 0.315. The van der Waals surface area contributed by atoms with Crippen LogP contribution >= 0.6 is 0 Å². The van der Waals surface area contributed by atoms with E-state index in [4.69, 9.17) is 4.74 Å². The quantitative estimate of drug-likeness (QED) is 0.897. The van der Waals surface area contributed by atoms with Gasteiger partial charge < -0.3 is 10.1 Å². The number of methoxy groups -OCH3 is 1. The first-order valence-electron chi connectivity index (χ1n) is 6.09. The van der Waals surface area contributed by atoms with E-state index in [1.165, 1.54) is 13.2 Å². The van der Waals surface area contributed by atoms with Crippen LogP contribution in [0.2, 0.25) is 0 Å². The van der Waals surface area contributed by atoms with Gasteiger partial charge in [0.1, 0.15) is 11.6 Å². The molecule has 0 fully saturated rings. The van der Waals surface area contributed by atoms with E-state index < -0.39 is 0 Å². The van der Waals surface area contributed by atoms with Crippen molar-refractivity contribution in [3.05, 3.63) is 53.9 Å². The van der Waals surface area contributed by atoms with Gasteiger partial charge in [0.15, 0.2) is 0 Å². The molecule has 100 valence electrons. The maximum absolute atomic E-state index is 14.1. The van der Waals surface area contributed by atoms with Gasteiger partial charge in [0.05, 0.1) is 25.0 Å². The molecule has 1 N–H and O–H groups in total. The van der Waals surface area contributed by atoms with Crippen molar-refractivity contribution in [3.8, 4) is 5.75 Å². The summed E-state index contributed by atoms with van der Waals surface area (Å²) >= 11 is 0. The minimum atomic E-state index is -0.323. The molecule has 2 aromatic rings. The topological polar surface area (TPSA) is 47.0 Å². The van der Waals surface area contributed by atoms with Crippen molar-refractivity contribution < 1.29 is 9.13 Å². The van der Waals surface area contributed by atoms with Crippen LogP contribution in [-0.4, -0.2) is 23.6 Å². The van der Waals surface area contributed by atoms with Crippen molar-refractivity contribution >= 4 is 0 Å². The van der Waals surface area contributed by atoms with Crippen LogP contribution in [-0.2, 0) is 0 Å². The Morgan fingerprint density at radius 1 is 1.37 bits per heavy atom. The van der Waals surface area contributed by atoms with Crippen LogP contribution in [0.3, 0.4) is 0 Å². The molecule has 1 aromatic heterocycles. The second kappa shape index (κ2) is 6.24. The van der Waals surface area contributed by atoms with E-state index in [1.54, 1.807) is 30.7 Å². The normalized spacial score (nSPS) is 12.2. The molecular weight excluding hydrogens is 245 g/mol. The molecule has 0 spiro atoms. The van der Waals surface area contributed by atoms with Crippen molar-refractivity contribution in [2.45, 2.75) is 13.0 Å². The average Bonchev–Trinajstić information content (AvgIpc) is 2.46. The third kappa shape index (κ3) is 3.06. The number of nitrogens with one attached hydrogen (secondary N) is 1. The number of hydrogen-bond donors (Lipinski definition) is 1. The molecule has 0 amide bonds. The molecule has 0 radical (unpaired) electrons. The van der Waals surface area contributed by atoms with Crippen LogP contribution < -0.4 is 10.1 Å². The van der Waals surface area contributed by atoms with E-state index in [9.17, 15) is 4.39 Å². The van der Waals surface area contributed by atoms with E-state index in [-0.39, 0.29) is 11.9 Å². The van der Waals surface area contributed by atoms with Gasteiger partial charge in [0.2, 0.25) is 0 Å². The standard InChI is InChI=1S/C14H16FN3O/c1-3-17-14(13-9-16-6-7-18-13)11-5-4-10(19-2)8-12(11)15/h4-9,14,17H,3H2,1-2H3. The molecule has 0 bridgehead atoms. The third-order valence-corrected chi connectivity index (χ3v) is 2.81. The Balaban J connectivity index is 2.39. The summed E-state index contributed by atoms with van der Waals surface area (Å²) in [6.45, 7) is 2.66. The van der Waals surface area contributed by atoms with Crippen LogP contribution in [0, 0.1) is 5.82 Å². The lowest BCUT2D eigenvalue weighted by atomic mass is 10.0. The maximum Gasteiger partial charge on any atom is 0.132 e. The molecule has 1 atom stereocenters. The molecule has 5 heteroatoms. The van der Waals surface area contributed by atoms with Gasteiger partial charge in [0.25, 0.3) is 0 Å². The third-order valence-electron chi connectivity index (χ3n) is 2.81. The van der Waals surface area contributed by atoms with Gasteiger partial charge in [-0.25, -0.2) is 4.39 Å². The zero-order valence-electron chi connectivity index (χ0n) is 10.9. The van der Waals surface area contributed by atoms with Crippen molar-refractivity contribution in [2.24, 2.45) is 0 Å². The summed E-state index contributed by atoms with van der Waals surface area (Å²) in [4.78, 5) is 8.26. The van der Waals surface area contributed by atoms with E-state index in [1.807, 2.05) is 6.92 Å². The van der Waals surface area contributed by atoms with Crippen molar-refractivity contribution in [2.75, 3.05) is 13.7 Å². The second-order valence-electron chi connectivity index (χ2n) is 4.01. The highest BCUT2D eigenvalue weighted by Crippen LogP contribution is 2.25. The Kier molecular flexibility index (Phi) is 4.41. The molecule has 1 heterocycles. The first kappa shape index (κ1) is 13.4. The summed E-state index contributed by atoms with van der Waals surface area (Å²) in [5.74, 6) is 0.173. The number of ether oxygens (including phenoxy) is 1. The van der Waals surface area contributed by atoms with Crippen LogP contribution in [0.5, 0.6) is 5.75 Å². The Bertz CT molecular complexity index is 533. The number of aromatic nitrogens is 2. The van der Waals surface area contributed by atoms with Gasteiger partial charge in [-0.3, -0.25) is 9.97 Å². The molecule has 19 heavy (non-hydrogen) atoms. The second-order valence-corrected chi connectivity index (χ2v) is 4.01. The lowest BCUT2D eigenvalue weighted by Gasteiger charge is -2.18. The van der Waals surface area contributed by atoms with E-state index in [2.05, 4.69) is 15.3 Å². The number of halogens is 1. The van der Waals surface area contributed by atoms with Crippen molar-refractivity contribution in [1.29, 1.82) is 0 Å². The molecule has 2 rings (SSSR count). The summed E-state index contributed by atoms with van der Waals surface area (Å²) < 4.78 is 19.1. The highest BCUT2D eigenvalue weighted by Gasteiger charge is 2.18. The molecule has 0 aliphatic rings. The Hall–Kier alpha value is -2.01. The predicted octanol–water partition coefficient (Wildman–Crippen LogP) is 2.32. The summed E-state index contributed by atoms with van der Waals surface area (Å²) in [5, 5.41) is 3.21. The number of hydrogen-bond acceptors (Lipinski definition) is 4. The lowest BCUT2D eigenvalue weighted by molar-refractivity contribution is 0.410. The van der Waals surface area contributed by atoms with Gasteiger partial charge in [-0.15, -0.1) is 0 Å².